The highest BCUT2D eigenvalue weighted by Crippen LogP contribution is 2.19. The van der Waals surface area contributed by atoms with Gasteiger partial charge in [0.25, 0.3) is 0 Å². The van der Waals surface area contributed by atoms with Crippen molar-refractivity contribution in [3.05, 3.63) is 24.3 Å². The molecule has 0 fully saturated rings. The highest BCUT2D eigenvalue weighted by molar-refractivity contribution is 5.76. The van der Waals surface area contributed by atoms with Crippen LogP contribution in [0.25, 0.3) is 0 Å². The summed E-state index contributed by atoms with van der Waals surface area (Å²) in [6, 6.07) is -0.544. The van der Waals surface area contributed by atoms with Crippen molar-refractivity contribution >= 4 is 11.9 Å². The van der Waals surface area contributed by atoms with Crippen LogP contribution in [-0.4, -0.2) is 47.4 Å². The number of nitrogens with one attached hydrogen (secondary N) is 1. The van der Waals surface area contributed by atoms with Gasteiger partial charge >= 0.3 is 5.97 Å². The number of aliphatic hydroxyl groups excluding tert-OH is 2. The van der Waals surface area contributed by atoms with Gasteiger partial charge in [-0.05, 0) is 77.0 Å². The van der Waals surface area contributed by atoms with Crippen molar-refractivity contribution in [2.24, 2.45) is 0 Å². The van der Waals surface area contributed by atoms with Gasteiger partial charge in [0.1, 0.15) is 0 Å². The lowest BCUT2D eigenvalue weighted by Gasteiger charge is -2.22. The quantitative estimate of drug-likeness (QED) is 0.0320. The molecule has 0 aliphatic carbocycles. The normalized spacial score (nSPS) is 12.6. The molecule has 486 valence electrons. The molecule has 1 amide bonds. The minimum absolute atomic E-state index is 0.0125. The van der Waals surface area contributed by atoms with Crippen molar-refractivity contribution in [1.82, 2.24) is 5.32 Å². The summed E-state index contributed by atoms with van der Waals surface area (Å²) in [5, 5.41) is 23.4. The fourth-order valence-electron chi connectivity index (χ4n) is 12.0. The topological polar surface area (TPSA) is 95.9 Å². The van der Waals surface area contributed by atoms with Crippen LogP contribution in [0.2, 0.25) is 0 Å². The van der Waals surface area contributed by atoms with Crippen molar-refractivity contribution < 1.29 is 24.5 Å². The highest BCUT2D eigenvalue weighted by Gasteiger charge is 2.20. The Bertz CT molecular complexity index is 1280. The molecule has 0 rings (SSSR count). The second-order valence-electron chi connectivity index (χ2n) is 26.0. The van der Waals surface area contributed by atoms with E-state index in [1.54, 1.807) is 0 Å². The van der Waals surface area contributed by atoms with Crippen molar-refractivity contribution in [3.63, 3.8) is 0 Å². The minimum atomic E-state index is -0.667. The van der Waals surface area contributed by atoms with E-state index in [4.69, 9.17) is 4.74 Å². The van der Waals surface area contributed by atoms with Gasteiger partial charge in [0, 0.05) is 12.8 Å². The molecule has 3 N–H and O–H groups in total. The third-order valence-corrected chi connectivity index (χ3v) is 17.7. The molecule has 0 saturated heterocycles. The Kier molecular flexibility index (Phi) is 70.4. The molecular weight excluding hydrogens is 1010 g/mol. The molecular formula is C76H147NO5. The predicted octanol–water partition coefficient (Wildman–Crippen LogP) is 24.5. The number of carbonyl (C=O) groups is 2. The summed E-state index contributed by atoms with van der Waals surface area (Å²) in [6.45, 7) is 4.99. The molecule has 0 aliphatic rings. The first kappa shape index (κ1) is 80.3. The van der Waals surface area contributed by atoms with Crippen molar-refractivity contribution in [2.45, 2.75) is 437 Å². The second-order valence-corrected chi connectivity index (χ2v) is 26.0. The fraction of sp³-hybridized carbons (Fsp3) is 0.921. The number of esters is 1. The van der Waals surface area contributed by atoms with Crippen LogP contribution < -0.4 is 5.32 Å². The van der Waals surface area contributed by atoms with Gasteiger partial charge in [0.2, 0.25) is 5.91 Å². The van der Waals surface area contributed by atoms with Gasteiger partial charge in [-0.25, -0.2) is 0 Å². The molecule has 6 heteroatoms. The summed E-state index contributed by atoms with van der Waals surface area (Å²) < 4.78 is 5.51. The summed E-state index contributed by atoms with van der Waals surface area (Å²) in [6.07, 6.45) is 91.0. The molecule has 0 heterocycles. The Labute approximate surface area is 513 Å². The minimum Gasteiger partial charge on any atom is -0.466 e. The maximum atomic E-state index is 12.6. The number of unbranched alkanes of at least 4 members (excludes halogenated alkanes) is 56. The second kappa shape index (κ2) is 71.8. The average molecular weight is 1160 g/mol. The van der Waals surface area contributed by atoms with E-state index in [1.165, 1.54) is 347 Å². The average Bonchev–Trinajstić information content (AvgIpc) is 3.48. The van der Waals surface area contributed by atoms with Gasteiger partial charge < -0.3 is 20.3 Å². The van der Waals surface area contributed by atoms with Gasteiger partial charge in [0.05, 0.1) is 25.4 Å². The Morgan fingerprint density at radius 3 is 0.866 bits per heavy atom. The van der Waals surface area contributed by atoms with Crippen molar-refractivity contribution in [2.75, 3.05) is 13.2 Å². The van der Waals surface area contributed by atoms with Crippen LogP contribution in [0.3, 0.4) is 0 Å². The van der Waals surface area contributed by atoms with Crippen LogP contribution in [0, 0.1) is 0 Å². The molecule has 0 saturated carbocycles. The maximum Gasteiger partial charge on any atom is 0.305 e. The lowest BCUT2D eigenvalue weighted by molar-refractivity contribution is -0.143. The molecule has 0 aromatic heterocycles. The van der Waals surface area contributed by atoms with Crippen LogP contribution >= 0.6 is 0 Å². The van der Waals surface area contributed by atoms with Gasteiger partial charge in [-0.2, -0.15) is 0 Å². The largest absolute Gasteiger partial charge is 0.466 e. The lowest BCUT2D eigenvalue weighted by atomic mass is 10.0. The molecule has 82 heavy (non-hydrogen) atoms. The molecule has 0 bridgehead atoms. The maximum absolute atomic E-state index is 12.6. The first-order chi connectivity index (χ1) is 40.5. The Morgan fingerprint density at radius 2 is 0.573 bits per heavy atom. The molecule has 2 unspecified atom stereocenters. The Hall–Kier alpha value is -1.66. The summed E-state index contributed by atoms with van der Waals surface area (Å²) in [5.41, 5.74) is 0. The standard InChI is InChI=1S/C76H147NO5/c1-3-5-7-9-11-13-15-17-19-21-23-30-33-36-40-44-48-52-56-60-64-68-74(79)73(72-78)77-75(80)69-65-61-57-53-49-45-41-37-34-31-28-26-24-25-27-29-32-35-39-43-47-51-55-59-63-67-71-82-76(81)70-66-62-58-54-50-46-42-38-22-20-18-16-14-12-10-8-6-4-2/h20,22,24,26,73-74,78-79H,3-19,21,23,25,27-72H2,1-2H3,(H,77,80)/b22-20-,26-24-. The summed E-state index contributed by atoms with van der Waals surface area (Å²) in [7, 11) is 0. The zero-order valence-corrected chi connectivity index (χ0v) is 55.8. The van der Waals surface area contributed by atoms with Crippen LogP contribution in [0.5, 0.6) is 0 Å². The van der Waals surface area contributed by atoms with Crippen LogP contribution in [0.1, 0.15) is 425 Å². The number of rotatable bonds is 71. The first-order valence-corrected chi connectivity index (χ1v) is 37.6. The predicted molar refractivity (Wildman–Crippen MR) is 361 cm³/mol. The van der Waals surface area contributed by atoms with E-state index in [0.29, 0.717) is 25.9 Å². The number of ether oxygens (including phenoxy) is 1. The van der Waals surface area contributed by atoms with Gasteiger partial charge in [-0.1, -0.05) is 359 Å². The number of amides is 1. The first-order valence-electron chi connectivity index (χ1n) is 37.6. The molecule has 0 radical (unpaired) electrons. The zero-order valence-electron chi connectivity index (χ0n) is 55.8. The van der Waals surface area contributed by atoms with Crippen molar-refractivity contribution in [1.29, 1.82) is 0 Å². The third-order valence-electron chi connectivity index (χ3n) is 17.7. The van der Waals surface area contributed by atoms with Crippen LogP contribution in [0.15, 0.2) is 24.3 Å². The lowest BCUT2D eigenvalue weighted by Crippen LogP contribution is -2.45. The van der Waals surface area contributed by atoms with E-state index in [0.717, 1.165) is 44.9 Å². The van der Waals surface area contributed by atoms with Crippen molar-refractivity contribution in [3.8, 4) is 0 Å². The van der Waals surface area contributed by atoms with Crippen LogP contribution in [-0.2, 0) is 14.3 Å². The van der Waals surface area contributed by atoms with E-state index in [1.807, 2.05) is 0 Å². The summed E-state index contributed by atoms with van der Waals surface area (Å²) in [4.78, 5) is 24.7. The van der Waals surface area contributed by atoms with E-state index < -0.39 is 12.1 Å². The number of aliphatic hydroxyl groups is 2. The van der Waals surface area contributed by atoms with E-state index >= 15 is 0 Å². The number of hydrogen-bond acceptors (Lipinski definition) is 5. The molecule has 6 nitrogen and oxygen atoms in total. The number of carbonyl (C=O) groups excluding carboxylic acids is 2. The number of allylic oxidation sites excluding steroid dienone is 4. The Balaban J connectivity index is 3.38. The highest BCUT2D eigenvalue weighted by atomic mass is 16.5. The van der Waals surface area contributed by atoms with Gasteiger partial charge in [-0.15, -0.1) is 0 Å². The van der Waals surface area contributed by atoms with E-state index in [9.17, 15) is 19.8 Å². The fourth-order valence-corrected chi connectivity index (χ4v) is 12.0. The molecule has 2 atom stereocenters. The van der Waals surface area contributed by atoms with Gasteiger partial charge in [0.15, 0.2) is 0 Å². The molecule has 0 aromatic carbocycles. The number of hydrogen-bond donors (Lipinski definition) is 3. The third kappa shape index (κ3) is 67.5. The zero-order chi connectivity index (χ0) is 59.2. The summed E-state index contributed by atoms with van der Waals surface area (Å²) in [5.74, 6) is -0.0196. The Morgan fingerprint density at radius 1 is 0.329 bits per heavy atom. The molecule has 0 aliphatic heterocycles. The smallest absolute Gasteiger partial charge is 0.305 e. The molecule has 0 aromatic rings. The van der Waals surface area contributed by atoms with Crippen LogP contribution in [0.4, 0.5) is 0 Å². The molecule has 0 spiro atoms. The summed E-state index contributed by atoms with van der Waals surface area (Å²) >= 11 is 0. The monoisotopic (exact) mass is 1150 g/mol. The SMILES string of the molecule is CCCCCCCCC/C=C\CCCCCCCCCC(=O)OCCCCCCCCCCCCCC/C=C\CCCCCCCCCCCCC(=O)NC(CO)C(O)CCCCCCCCCCCCCCCCCCCCCCC. The van der Waals surface area contributed by atoms with E-state index in [2.05, 4.69) is 43.5 Å². The van der Waals surface area contributed by atoms with E-state index in [-0.39, 0.29) is 18.5 Å². The van der Waals surface area contributed by atoms with Gasteiger partial charge in [-0.3, -0.25) is 9.59 Å².